The van der Waals surface area contributed by atoms with Gasteiger partial charge in [0.1, 0.15) is 5.82 Å². The van der Waals surface area contributed by atoms with Crippen LogP contribution in [0.1, 0.15) is 65.3 Å². The van der Waals surface area contributed by atoms with Gasteiger partial charge in [0.05, 0.1) is 30.7 Å². The van der Waals surface area contributed by atoms with Gasteiger partial charge in [0.2, 0.25) is 5.91 Å². The highest BCUT2D eigenvalue weighted by Crippen LogP contribution is 2.39. The van der Waals surface area contributed by atoms with Crippen LogP contribution < -0.4 is 5.32 Å². The molecule has 1 N–H and O–H groups in total. The number of hydrogen-bond donors (Lipinski definition) is 1. The van der Waals surface area contributed by atoms with Gasteiger partial charge < -0.3 is 15.0 Å². The van der Waals surface area contributed by atoms with Gasteiger partial charge in [-0.2, -0.15) is 0 Å². The highest BCUT2D eigenvalue weighted by atomic mass is 35.5. The van der Waals surface area contributed by atoms with Gasteiger partial charge in [0, 0.05) is 35.9 Å². The summed E-state index contributed by atoms with van der Waals surface area (Å²) in [5.41, 5.74) is 4.08. The van der Waals surface area contributed by atoms with Crippen LogP contribution in [0.4, 0.5) is 10.1 Å². The first-order valence-electron chi connectivity index (χ1n) is 14.6. The van der Waals surface area contributed by atoms with Gasteiger partial charge in [-0.05, 0) is 81.0 Å². The van der Waals surface area contributed by atoms with E-state index >= 15 is 0 Å². The fraction of sp³-hybridized carbons (Fsp3) is 0.412. The number of hydrogen-bond acceptors (Lipinski definition) is 4. The van der Waals surface area contributed by atoms with Crippen LogP contribution in [0, 0.1) is 25.6 Å². The Morgan fingerprint density at radius 2 is 1.81 bits per heavy atom. The predicted molar refractivity (Wildman–Crippen MR) is 164 cm³/mol. The number of benzene rings is 3. The standard InChI is InChI=1S/C34H39ClFN3O3/c1-22-10-15-26(19-28(22)35)37-32(40)27-8-6-16-39(33(41)30-23(2)7-5-9-29(30)36)31(27)25-13-11-24(12-14-25)20-38-17-18-42-21-34(38,3)4/h5,7,9-15,19,27,31H,6,8,16-18,20-21H2,1-4H3,(H,37,40)/t27-,31-/m0/s1. The van der Waals surface area contributed by atoms with E-state index in [4.69, 9.17) is 16.3 Å². The maximum atomic E-state index is 15.0. The summed E-state index contributed by atoms with van der Waals surface area (Å²) in [5.74, 6) is -1.67. The Hall–Kier alpha value is -3.26. The number of halogens is 2. The second kappa shape index (κ2) is 12.5. The first kappa shape index (κ1) is 30.2. The third kappa shape index (κ3) is 6.38. The van der Waals surface area contributed by atoms with Crippen molar-refractivity contribution < 1.29 is 18.7 Å². The Morgan fingerprint density at radius 3 is 2.50 bits per heavy atom. The maximum absolute atomic E-state index is 15.0. The lowest BCUT2D eigenvalue weighted by molar-refractivity contribution is -0.123. The summed E-state index contributed by atoms with van der Waals surface area (Å²) in [6, 6.07) is 17.7. The second-order valence-corrected chi connectivity index (χ2v) is 12.5. The molecule has 0 spiro atoms. The third-order valence-corrected chi connectivity index (χ3v) is 9.02. The van der Waals surface area contributed by atoms with Crippen molar-refractivity contribution in [1.29, 1.82) is 0 Å². The number of ether oxygens (including phenoxy) is 1. The number of anilines is 1. The monoisotopic (exact) mass is 591 g/mol. The molecular weight excluding hydrogens is 553 g/mol. The molecule has 2 aliphatic heterocycles. The molecule has 2 heterocycles. The average molecular weight is 592 g/mol. The molecule has 8 heteroatoms. The number of amides is 2. The first-order valence-corrected chi connectivity index (χ1v) is 15.0. The van der Waals surface area contributed by atoms with Gasteiger partial charge in [-0.1, -0.05) is 54.1 Å². The van der Waals surface area contributed by atoms with Crippen molar-refractivity contribution in [1.82, 2.24) is 9.80 Å². The number of nitrogens with zero attached hydrogens (tertiary/aromatic N) is 2. The Balaban J connectivity index is 1.47. The van der Waals surface area contributed by atoms with E-state index in [1.807, 2.05) is 31.2 Å². The normalized spacial score (nSPS) is 20.8. The van der Waals surface area contributed by atoms with Crippen molar-refractivity contribution in [3.05, 3.63) is 99.3 Å². The zero-order valence-electron chi connectivity index (χ0n) is 24.8. The molecule has 2 saturated heterocycles. The fourth-order valence-corrected chi connectivity index (χ4v) is 6.27. The summed E-state index contributed by atoms with van der Waals surface area (Å²) in [7, 11) is 0. The van der Waals surface area contributed by atoms with Crippen LogP contribution in [0.3, 0.4) is 0 Å². The highest BCUT2D eigenvalue weighted by Gasteiger charge is 2.40. The van der Waals surface area contributed by atoms with Crippen LogP contribution in [0.5, 0.6) is 0 Å². The molecule has 3 aromatic rings. The van der Waals surface area contributed by atoms with E-state index < -0.39 is 23.7 Å². The number of carbonyl (C=O) groups is 2. The number of likely N-dealkylation sites (tertiary alicyclic amines) is 1. The molecule has 0 aromatic heterocycles. The SMILES string of the molecule is Cc1ccc(NC(=O)[C@H]2CCCN(C(=O)c3c(C)cccc3F)[C@H]2c2ccc(CN3CCOCC3(C)C)cc2)cc1Cl. The summed E-state index contributed by atoms with van der Waals surface area (Å²) in [4.78, 5) is 31.8. The third-order valence-electron chi connectivity index (χ3n) is 8.62. The molecule has 5 rings (SSSR count). The van der Waals surface area contributed by atoms with Crippen LogP contribution in [0.25, 0.3) is 0 Å². The molecule has 0 saturated carbocycles. The predicted octanol–water partition coefficient (Wildman–Crippen LogP) is 6.94. The topological polar surface area (TPSA) is 61.9 Å². The molecule has 0 unspecified atom stereocenters. The smallest absolute Gasteiger partial charge is 0.257 e. The molecule has 0 bridgehead atoms. The van der Waals surface area contributed by atoms with Crippen LogP contribution in [0.2, 0.25) is 5.02 Å². The molecule has 3 aromatic carbocycles. The minimum Gasteiger partial charge on any atom is -0.378 e. The fourth-order valence-electron chi connectivity index (χ4n) is 6.09. The van der Waals surface area contributed by atoms with Crippen molar-refractivity contribution in [2.45, 2.75) is 58.7 Å². The van der Waals surface area contributed by atoms with E-state index in [0.29, 0.717) is 48.9 Å². The zero-order chi connectivity index (χ0) is 30.0. The minimum absolute atomic E-state index is 0.0556. The minimum atomic E-state index is -0.556. The molecule has 2 amide bonds. The molecular formula is C34H39ClFN3O3. The first-order chi connectivity index (χ1) is 20.0. The number of carbonyl (C=O) groups excluding carboxylic acids is 2. The van der Waals surface area contributed by atoms with Crippen molar-refractivity contribution >= 4 is 29.1 Å². The summed E-state index contributed by atoms with van der Waals surface area (Å²) < 4.78 is 20.7. The summed E-state index contributed by atoms with van der Waals surface area (Å²) in [6.07, 6.45) is 1.23. The Bertz CT molecular complexity index is 1440. The molecule has 2 aliphatic rings. The summed E-state index contributed by atoms with van der Waals surface area (Å²) in [6.45, 7) is 11.5. The second-order valence-electron chi connectivity index (χ2n) is 12.1. The van der Waals surface area contributed by atoms with Crippen molar-refractivity contribution in [3.63, 3.8) is 0 Å². The van der Waals surface area contributed by atoms with Crippen LogP contribution in [-0.4, -0.2) is 53.5 Å². The molecule has 2 atom stereocenters. The van der Waals surface area contributed by atoms with Gasteiger partial charge in [-0.3, -0.25) is 14.5 Å². The number of piperidine rings is 1. The van der Waals surface area contributed by atoms with Gasteiger partial charge in [-0.15, -0.1) is 0 Å². The van der Waals surface area contributed by atoms with Crippen LogP contribution in [-0.2, 0) is 16.1 Å². The Kier molecular flexibility index (Phi) is 9.02. The lowest BCUT2D eigenvalue weighted by Gasteiger charge is -2.42. The Morgan fingerprint density at radius 1 is 1.05 bits per heavy atom. The molecule has 6 nitrogen and oxygen atoms in total. The van der Waals surface area contributed by atoms with Crippen LogP contribution in [0.15, 0.2) is 60.7 Å². The molecule has 0 radical (unpaired) electrons. The van der Waals surface area contributed by atoms with Gasteiger partial charge >= 0.3 is 0 Å². The lowest BCUT2D eigenvalue weighted by Crippen LogP contribution is -2.52. The molecule has 42 heavy (non-hydrogen) atoms. The van der Waals surface area contributed by atoms with E-state index in [2.05, 4.69) is 36.2 Å². The van der Waals surface area contributed by atoms with Gasteiger partial charge in [-0.25, -0.2) is 4.39 Å². The molecule has 2 fully saturated rings. The van der Waals surface area contributed by atoms with E-state index in [-0.39, 0.29) is 17.0 Å². The van der Waals surface area contributed by atoms with Crippen molar-refractivity contribution in [2.75, 3.05) is 31.6 Å². The van der Waals surface area contributed by atoms with E-state index in [9.17, 15) is 14.0 Å². The van der Waals surface area contributed by atoms with Crippen molar-refractivity contribution in [2.24, 2.45) is 5.92 Å². The average Bonchev–Trinajstić information content (AvgIpc) is 2.96. The summed E-state index contributed by atoms with van der Waals surface area (Å²) >= 11 is 6.32. The zero-order valence-corrected chi connectivity index (χ0v) is 25.5. The number of aryl methyl sites for hydroxylation is 2. The van der Waals surface area contributed by atoms with Crippen LogP contribution >= 0.6 is 11.6 Å². The van der Waals surface area contributed by atoms with Gasteiger partial charge in [0.15, 0.2) is 0 Å². The maximum Gasteiger partial charge on any atom is 0.257 e. The number of morpholine rings is 1. The largest absolute Gasteiger partial charge is 0.378 e. The Labute approximate surface area is 252 Å². The van der Waals surface area contributed by atoms with E-state index in [1.54, 1.807) is 30.0 Å². The number of nitrogens with one attached hydrogen (secondary N) is 1. The van der Waals surface area contributed by atoms with Gasteiger partial charge in [0.25, 0.3) is 5.91 Å². The summed E-state index contributed by atoms with van der Waals surface area (Å²) in [5, 5.41) is 3.59. The van der Waals surface area contributed by atoms with E-state index in [0.717, 1.165) is 29.8 Å². The lowest BCUT2D eigenvalue weighted by atomic mass is 9.83. The highest BCUT2D eigenvalue weighted by molar-refractivity contribution is 6.31. The van der Waals surface area contributed by atoms with Crippen molar-refractivity contribution in [3.8, 4) is 0 Å². The molecule has 0 aliphatic carbocycles. The molecule has 222 valence electrons. The number of rotatable bonds is 6. The quantitative estimate of drug-likeness (QED) is 0.337. The van der Waals surface area contributed by atoms with E-state index in [1.165, 1.54) is 6.07 Å².